The number of nitrogens with zero attached hydrogens (tertiary/aromatic N) is 4. The molecule has 3 aromatic rings. The Morgan fingerprint density at radius 1 is 1.21 bits per heavy atom. The number of imidazole rings is 1. The quantitative estimate of drug-likeness (QED) is 0.724. The van der Waals surface area contributed by atoms with E-state index < -0.39 is 0 Å². The summed E-state index contributed by atoms with van der Waals surface area (Å²) < 4.78 is 2.11. The number of carbonyl (C=O) groups excluding carboxylic acids is 1. The van der Waals surface area contributed by atoms with E-state index in [4.69, 9.17) is 0 Å². The number of pyridine rings is 1. The lowest BCUT2D eigenvalue weighted by Gasteiger charge is -2.17. The van der Waals surface area contributed by atoms with E-state index in [1.165, 1.54) is 5.56 Å². The molecule has 1 amide bonds. The maximum atomic E-state index is 12.6. The van der Waals surface area contributed by atoms with Gasteiger partial charge in [-0.2, -0.15) is 0 Å². The molecular weight excluding hydrogens is 300 g/mol. The first kappa shape index (κ1) is 16.2. The van der Waals surface area contributed by atoms with Crippen molar-refractivity contribution in [1.82, 2.24) is 19.4 Å². The van der Waals surface area contributed by atoms with E-state index in [2.05, 4.69) is 28.4 Å². The smallest absolute Gasteiger partial charge is 0.253 e. The van der Waals surface area contributed by atoms with Gasteiger partial charge in [-0.25, -0.2) is 4.98 Å². The number of rotatable bonds is 5. The Morgan fingerprint density at radius 2 is 1.96 bits per heavy atom. The van der Waals surface area contributed by atoms with E-state index >= 15 is 0 Å². The van der Waals surface area contributed by atoms with Gasteiger partial charge in [0.2, 0.25) is 0 Å². The van der Waals surface area contributed by atoms with Crippen LogP contribution in [0.2, 0.25) is 0 Å². The highest BCUT2D eigenvalue weighted by molar-refractivity contribution is 5.97. The van der Waals surface area contributed by atoms with Crippen molar-refractivity contribution >= 4 is 16.9 Å². The van der Waals surface area contributed by atoms with Crippen LogP contribution in [0.4, 0.5) is 0 Å². The van der Waals surface area contributed by atoms with E-state index in [1.54, 1.807) is 17.3 Å². The zero-order chi connectivity index (χ0) is 17.1. The molecule has 0 spiro atoms. The molecule has 2 aromatic heterocycles. The fourth-order valence-electron chi connectivity index (χ4n) is 2.74. The Balaban J connectivity index is 1.73. The molecule has 0 radical (unpaired) electrons. The van der Waals surface area contributed by atoms with Gasteiger partial charge in [0.1, 0.15) is 0 Å². The lowest BCUT2D eigenvalue weighted by atomic mass is 10.1. The molecule has 0 N–H and O–H groups in total. The minimum absolute atomic E-state index is 0.0186. The fraction of sp³-hybridized carbons (Fsp3) is 0.316. The molecule has 0 unspecified atom stereocenters. The molecule has 0 atom stereocenters. The molecule has 5 heteroatoms. The Morgan fingerprint density at radius 3 is 2.67 bits per heavy atom. The molecule has 0 aliphatic heterocycles. The van der Waals surface area contributed by atoms with E-state index in [1.807, 2.05) is 43.7 Å². The van der Waals surface area contributed by atoms with Crippen molar-refractivity contribution < 1.29 is 4.79 Å². The zero-order valence-corrected chi connectivity index (χ0v) is 14.3. The second-order valence-corrected chi connectivity index (χ2v) is 6.28. The first-order chi connectivity index (χ1) is 11.6. The molecule has 3 rings (SSSR count). The van der Waals surface area contributed by atoms with Crippen LogP contribution in [0.15, 0.2) is 49.1 Å². The van der Waals surface area contributed by atoms with Crippen LogP contribution < -0.4 is 0 Å². The monoisotopic (exact) mass is 322 g/mol. The maximum Gasteiger partial charge on any atom is 0.253 e. The fourth-order valence-corrected chi connectivity index (χ4v) is 2.74. The summed E-state index contributed by atoms with van der Waals surface area (Å²) >= 11 is 0. The molecule has 0 aliphatic rings. The van der Waals surface area contributed by atoms with Gasteiger partial charge in [0.15, 0.2) is 0 Å². The number of aromatic nitrogens is 3. The second-order valence-electron chi connectivity index (χ2n) is 6.28. The van der Waals surface area contributed by atoms with Gasteiger partial charge in [-0.15, -0.1) is 0 Å². The standard InChI is InChI=1S/C19H22N4O/c1-14(2)23-13-21-17-12-16(4-5-18(17)23)19(24)22(3)11-8-15-6-9-20-10-7-15/h4-7,9-10,12-14H,8,11H2,1-3H3. The number of benzene rings is 1. The molecule has 124 valence electrons. The minimum atomic E-state index is 0.0186. The predicted molar refractivity (Wildman–Crippen MR) is 95.0 cm³/mol. The molecule has 1 aromatic carbocycles. The summed E-state index contributed by atoms with van der Waals surface area (Å²) in [5.41, 5.74) is 3.77. The Hall–Kier alpha value is -2.69. The van der Waals surface area contributed by atoms with Crippen LogP contribution in [0.3, 0.4) is 0 Å². The maximum absolute atomic E-state index is 12.6. The van der Waals surface area contributed by atoms with Crippen molar-refractivity contribution in [3.05, 3.63) is 60.2 Å². The number of hydrogen-bond donors (Lipinski definition) is 0. The third-order valence-corrected chi connectivity index (χ3v) is 4.21. The zero-order valence-electron chi connectivity index (χ0n) is 14.3. The van der Waals surface area contributed by atoms with Crippen LogP contribution in [0.25, 0.3) is 11.0 Å². The Kier molecular flexibility index (Phi) is 4.60. The molecule has 0 aliphatic carbocycles. The highest BCUT2D eigenvalue weighted by atomic mass is 16.2. The molecular formula is C19H22N4O. The lowest BCUT2D eigenvalue weighted by Crippen LogP contribution is -2.28. The van der Waals surface area contributed by atoms with Crippen LogP contribution >= 0.6 is 0 Å². The van der Waals surface area contributed by atoms with Crippen molar-refractivity contribution in [2.24, 2.45) is 0 Å². The van der Waals surface area contributed by atoms with Crippen molar-refractivity contribution in [3.8, 4) is 0 Å². The summed E-state index contributed by atoms with van der Waals surface area (Å²) in [5, 5.41) is 0. The summed E-state index contributed by atoms with van der Waals surface area (Å²) in [6, 6.07) is 10.0. The molecule has 0 saturated heterocycles. The summed E-state index contributed by atoms with van der Waals surface area (Å²) in [5.74, 6) is 0.0186. The molecule has 0 saturated carbocycles. The SMILES string of the molecule is CC(C)n1cnc2cc(C(=O)N(C)CCc3ccncc3)ccc21. The predicted octanol–water partition coefficient (Wildman–Crippen LogP) is 3.33. The summed E-state index contributed by atoms with van der Waals surface area (Å²) in [6.45, 7) is 4.90. The van der Waals surface area contributed by atoms with E-state index in [0.29, 0.717) is 18.2 Å². The summed E-state index contributed by atoms with van der Waals surface area (Å²) in [4.78, 5) is 22.8. The molecule has 0 bridgehead atoms. The summed E-state index contributed by atoms with van der Waals surface area (Å²) in [6.07, 6.45) is 6.19. The van der Waals surface area contributed by atoms with Crippen LogP contribution in [0.5, 0.6) is 0 Å². The number of carbonyl (C=O) groups is 1. The summed E-state index contributed by atoms with van der Waals surface area (Å²) in [7, 11) is 1.83. The Bertz CT molecular complexity index is 839. The van der Waals surface area contributed by atoms with Gasteiger partial charge in [-0.05, 0) is 56.2 Å². The number of amides is 1. The molecule has 0 fully saturated rings. The van der Waals surface area contributed by atoms with Gasteiger partial charge in [-0.3, -0.25) is 9.78 Å². The van der Waals surface area contributed by atoms with Gasteiger partial charge in [0.05, 0.1) is 17.4 Å². The van der Waals surface area contributed by atoms with E-state index in [-0.39, 0.29) is 5.91 Å². The van der Waals surface area contributed by atoms with Crippen LogP contribution in [0.1, 0.15) is 35.8 Å². The van der Waals surface area contributed by atoms with Crippen molar-refractivity contribution in [2.75, 3.05) is 13.6 Å². The molecule has 24 heavy (non-hydrogen) atoms. The third kappa shape index (κ3) is 3.30. The largest absolute Gasteiger partial charge is 0.341 e. The normalized spacial score (nSPS) is 11.2. The van der Waals surface area contributed by atoms with Gasteiger partial charge in [0, 0.05) is 37.6 Å². The second kappa shape index (κ2) is 6.83. The average Bonchev–Trinajstić information content (AvgIpc) is 3.03. The van der Waals surface area contributed by atoms with Crippen molar-refractivity contribution in [3.63, 3.8) is 0 Å². The van der Waals surface area contributed by atoms with Crippen LogP contribution in [-0.2, 0) is 6.42 Å². The van der Waals surface area contributed by atoms with Gasteiger partial charge in [-0.1, -0.05) is 0 Å². The van der Waals surface area contributed by atoms with Gasteiger partial charge in [0.25, 0.3) is 5.91 Å². The van der Waals surface area contributed by atoms with Crippen molar-refractivity contribution in [2.45, 2.75) is 26.3 Å². The third-order valence-electron chi connectivity index (χ3n) is 4.21. The highest BCUT2D eigenvalue weighted by Crippen LogP contribution is 2.19. The minimum Gasteiger partial charge on any atom is -0.341 e. The first-order valence-corrected chi connectivity index (χ1v) is 8.17. The highest BCUT2D eigenvalue weighted by Gasteiger charge is 2.14. The number of fused-ring (bicyclic) bond motifs is 1. The van der Waals surface area contributed by atoms with E-state index in [0.717, 1.165) is 17.5 Å². The van der Waals surface area contributed by atoms with E-state index in [9.17, 15) is 4.79 Å². The van der Waals surface area contributed by atoms with Crippen LogP contribution in [0, 0.1) is 0 Å². The Labute approximate surface area is 142 Å². The lowest BCUT2D eigenvalue weighted by molar-refractivity contribution is 0.0797. The number of hydrogen-bond acceptors (Lipinski definition) is 3. The number of likely N-dealkylation sites (N-methyl/N-ethyl adjacent to an activating group) is 1. The van der Waals surface area contributed by atoms with Crippen molar-refractivity contribution in [1.29, 1.82) is 0 Å². The molecule has 2 heterocycles. The van der Waals surface area contributed by atoms with Crippen LogP contribution in [-0.4, -0.2) is 38.9 Å². The average molecular weight is 322 g/mol. The van der Waals surface area contributed by atoms with Gasteiger partial charge < -0.3 is 9.47 Å². The van der Waals surface area contributed by atoms with Gasteiger partial charge >= 0.3 is 0 Å². The molecule has 5 nitrogen and oxygen atoms in total. The first-order valence-electron chi connectivity index (χ1n) is 8.17. The topological polar surface area (TPSA) is 51.0 Å².